The molecule has 1 aliphatic rings. The average Bonchev–Trinajstić information content (AvgIpc) is 2.20. The van der Waals surface area contributed by atoms with Crippen LogP contribution in [0.5, 0.6) is 0 Å². The lowest BCUT2D eigenvalue weighted by molar-refractivity contribution is 0.139. The van der Waals surface area contributed by atoms with Crippen molar-refractivity contribution >= 4 is 0 Å². The Morgan fingerprint density at radius 1 is 1.31 bits per heavy atom. The predicted octanol–water partition coefficient (Wildman–Crippen LogP) is 4.37. The van der Waals surface area contributed by atoms with Gasteiger partial charge in [0.05, 0.1) is 0 Å². The van der Waals surface area contributed by atoms with Crippen LogP contribution in [0.1, 0.15) is 73.1 Å². The molecule has 96 valence electrons. The van der Waals surface area contributed by atoms with Crippen LogP contribution < -0.4 is 5.32 Å². The largest absolute Gasteiger partial charge is 0.311 e. The summed E-state index contributed by atoms with van der Waals surface area (Å²) in [6.07, 6.45) is 8.06. The number of hydrogen-bond acceptors (Lipinski definition) is 1. The van der Waals surface area contributed by atoms with Crippen LogP contribution in [0.3, 0.4) is 0 Å². The monoisotopic (exact) mass is 225 g/mol. The van der Waals surface area contributed by atoms with E-state index in [0.717, 1.165) is 18.0 Å². The lowest BCUT2D eigenvalue weighted by Crippen LogP contribution is -2.46. The van der Waals surface area contributed by atoms with Crippen LogP contribution in [0.25, 0.3) is 0 Å². The Hall–Kier alpha value is -0.0400. The Labute approximate surface area is 102 Å². The van der Waals surface area contributed by atoms with Gasteiger partial charge in [0.2, 0.25) is 0 Å². The number of rotatable bonds is 5. The van der Waals surface area contributed by atoms with Gasteiger partial charge in [-0.3, -0.25) is 0 Å². The summed E-state index contributed by atoms with van der Waals surface area (Å²) >= 11 is 0. The van der Waals surface area contributed by atoms with Crippen molar-refractivity contribution in [2.45, 2.75) is 85.2 Å². The fourth-order valence-electron chi connectivity index (χ4n) is 3.25. The Balaban J connectivity index is 2.43. The maximum absolute atomic E-state index is 3.89. The summed E-state index contributed by atoms with van der Waals surface area (Å²) in [6.45, 7) is 11.9. The van der Waals surface area contributed by atoms with Crippen molar-refractivity contribution in [3.05, 3.63) is 0 Å². The molecule has 0 aromatic heterocycles. The van der Waals surface area contributed by atoms with Gasteiger partial charge in [-0.1, -0.05) is 41.0 Å². The zero-order valence-electron chi connectivity index (χ0n) is 12.0. The predicted molar refractivity (Wildman–Crippen MR) is 72.7 cm³/mol. The van der Waals surface area contributed by atoms with E-state index in [1.807, 2.05) is 0 Å². The van der Waals surface area contributed by atoms with Gasteiger partial charge in [-0.2, -0.15) is 0 Å². The highest BCUT2D eigenvalue weighted by molar-refractivity contribution is 4.88. The Morgan fingerprint density at radius 3 is 2.50 bits per heavy atom. The van der Waals surface area contributed by atoms with Gasteiger partial charge in [0.25, 0.3) is 0 Å². The summed E-state index contributed by atoms with van der Waals surface area (Å²) in [5, 5.41) is 3.89. The molecule has 0 aromatic carbocycles. The van der Waals surface area contributed by atoms with Gasteiger partial charge in [-0.05, 0) is 43.4 Å². The molecule has 3 atom stereocenters. The molecule has 1 heteroatoms. The van der Waals surface area contributed by atoms with E-state index in [0.29, 0.717) is 5.41 Å². The molecule has 0 bridgehead atoms. The molecule has 0 radical (unpaired) electrons. The molecule has 0 heterocycles. The van der Waals surface area contributed by atoms with E-state index < -0.39 is 0 Å². The third-order valence-electron chi connectivity index (χ3n) is 4.27. The van der Waals surface area contributed by atoms with Crippen molar-refractivity contribution in [3.8, 4) is 0 Å². The van der Waals surface area contributed by atoms with E-state index in [9.17, 15) is 0 Å². The molecule has 0 amide bonds. The van der Waals surface area contributed by atoms with Gasteiger partial charge in [-0.15, -0.1) is 0 Å². The topological polar surface area (TPSA) is 12.0 Å². The molecule has 0 aromatic rings. The second kappa shape index (κ2) is 6.05. The molecule has 1 aliphatic carbocycles. The van der Waals surface area contributed by atoms with E-state index in [2.05, 4.69) is 39.9 Å². The molecule has 1 nitrogen and oxygen atoms in total. The summed E-state index contributed by atoms with van der Waals surface area (Å²) in [5.74, 6) is 0.842. The molecular formula is C15H31N. The van der Waals surface area contributed by atoms with Crippen molar-refractivity contribution in [2.75, 3.05) is 0 Å². The number of nitrogens with one attached hydrogen (secondary N) is 1. The standard InChI is InChI=1S/C15H31N/c1-6-8-13(7-2)16-14-9-10-15(4,5)11-12(14)3/h12-14,16H,6-11H2,1-5H3. The normalized spacial score (nSPS) is 31.3. The van der Waals surface area contributed by atoms with Crippen LogP contribution >= 0.6 is 0 Å². The van der Waals surface area contributed by atoms with Crippen LogP contribution in [-0.4, -0.2) is 12.1 Å². The summed E-state index contributed by atoms with van der Waals surface area (Å²) in [4.78, 5) is 0. The zero-order valence-corrected chi connectivity index (χ0v) is 12.0. The second-order valence-electron chi connectivity index (χ2n) is 6.55. The lowest BCUT2D eigenvalue weighted by Gasteiger charge is -2.41. The van der Waals surface area contributed by atoms with Gasteiger partial charge in [0.15, 0.2) is 0 Å². The SMILES string of the molecule is CCCC(CC)NC1CCC(C)(C)CC1C. The molecule has 1 N–H and O–H groups in total. The first-order valence-corrected chi connectivity index (χ1v) is 7.24. The molecule has 1 fully saturated rings. The quantitative estimate of drug-likeness (QED) is 0.732. The minimum absolute atomic E-state index is 0.573. The fraction of sp³-hybridized carbons (Fsp3) is 1.00. The van der Waals surface area contributed by atoms with E-state index in [4.69, 9.17) is 0 Å². The van der Waals surface area contributed by atoms with Crippen molar-refractivity contribution in [2.24, 2.45) is 11.3 Å². The molecule has 0 spiro atoms. The highest BCUT2D eigenvalue weighted by Crippen LogP contribution is 2.38. The minimum atomic E-state index is 0.573. The summed E-state index contributed by atoms with van der Waals surface area (Å²) in [6, 6.07) is 1.52. The summed E-state index contributed by atoms with van der Waals surface area (Å²) < 4.78 is 0. The van der Waals surface area contributed by atoms with Gasteiger partial charge >= 0.3 is 0 Å². The van der Waals surface area contributed by atoms with Crippen LogP contribution in [0.4, 0.5) is 0 Å². The second-order valence-corrected chi connectivity index (χ2v) is 6.55. The summed E-state index contributed by atoms with van der Waals surface area (Å²) in [7, 11) is 0. The van der Waals surface area contributed by atoms with Crippen molar-refractivity contribution in [1.82, 2.24) is 5.32 Å². The highest BCUT2D eigenvalue weighted by Gasteiger charge is 2.32. The van der Waals surface area contributed by atoms with E-state index in [1.54, 1.807) is 0 Å². The Morgan fingerprint density at radius 2 is 2.00 bits per heavy atom. The van der Waals surface area contributed by atoms with Crippen LogP contribution in [0.15, 0.2) is 0 Å². The molecule has 0 aliphatic heterocycles. The minimum Gasteiger partial charge on any atom is -0.311 e. The maximum Gasteiger partial charge on any atom is 0.00956 e. The molecule has 1 rings (SSSR count). The third kappa shape index (κ3) is 4.08. The number of hydrogen-bond donors (Lipinski definition) is 1. The maximum atomic E-state index is 3.89. The average molecular weight is 225 g/mol. The van der Waals surface area contributed by atoms with Crippen LogP contribution in [0, 0.1) is 11.3 Å². The molecule has 0 saturated heterocycles. The van der Waals surface area contributed by atoms with Crippen LogP contribution in [-0.2, 0) is 0 Å². The first-order chi connectivity index (χ1) is 7.48. The first-order valence-electron chi connectivity index (χ1n) is 7.24. The lowest BCUT2D eigenvalue weighted by atomic mass is 9.70. The van der Waals surface area contributed by atoms with Gasteiger partial charge in [0.1, 0.15) is 0 Å². The zero-order chi connectivity index (χ0) is 12.2. The molecule has 3 unspecified atom stereocenters. The smallest absolute Gasteiger partial charge is 0.00956 e. The van der Waals surface area contributed by atoms with Crippen LogP contribution in [0.2, 0.25) is 0 Å². The fourth-order valence-corrected chi connectivity index (χ4v) is 3.25. The van der Waals surface area contributed by atoms with E-state index in [1.165, 1.54) is 38.5 Å². The third-order valence-corrected chi connectivity index (χ3v) is 4.27. The van der Waals surface area contributed by atoms with Gasteiger partial charge in [-0.25, -0.2) is 0 Å². The van der Waals surface area contributed by atoms with E-state index in [-0.39, 0.29) is 0 Å². The highest BCUT2D eigenvalue weighted by atomic mass is 15.0. The van der Waals surface area contributed by atoms with Crippen molar-refractivity contribution in [3.63, 3.8) is 0 Å². The van der Waals surface area contributed by atoms with Gasteiger partial charge in [0, 0.05) is 12.1 Å². The molecular weight excluding hydrogens is 194 g/mol. The van der Waals surface area contributed by atoms with Crippen molar-refractivity contribution in [1.29, 1.82) is 0 Å². The van der Waals surface area contributed by atoms with Gasteiger partial charge < -0.3 is 5.32 Å². The molecule has 16 heavy (non-hydrogen) atoms. The Bertz CT molecular complexity index is 198. The summed E-state index contributed by atoms with van der Waals surface area (Å²) in [5.41, 5.74) is 0.573. The van der Waals surface area contributed by atoms with Crippen molar-refractivity contribution < 1.29 is 0 Å². The first kappa shape index (κ1) is 14.0. The Kier molecular flexibility index (Phi) is 5.30. The molecule has 1 saturated carbocycles. The van der Waals surface area contributed by atoms with E-state index >= 15 is 0 Å².